The lowest BCUT2D eigenvalue weighted by molar-refractivity contribution is 0.162. The topological polar surface area (TPSA) is 33.7 Å². The van der Waals surface area contributed by atoms with Crippen molar-refractivity contribution in [2.24, 2.45) is 0 Å². The van der Waals surface area contributed by atoms with Gasteiger partial charge in [0.05, 0.1) is 6.61 Å². The van der Waals surface area contributed by atoms with Crippen LogP contribution in [-0.2, 0) is 6.61 Å². The number of piperazine rings is 1. The highest BCUT2D eigenvalue weighted by molar-refractivity contribution is 5.44. The summed E-state index contributed by atoms with van der Waals surface area (Å²) in [7, 11) is 0. The molecular formula is C24H34N2O2. The third-order valence-electron chi connectivity index (χ3n) is 5.31. The molecule has 0 amide bonds. The Bertz CT molecular complexity index is 699. The van der Waals surface area contributed by atoms with Crippen LogP contribution in [0.3, 0.4) is 0 Å². The molecule has 1 aliphatic heterocycles. The van der Waals surface area contributed by atoms with Gasteiger partial charge in [0.15, 0.2) is 11.5 Å². The number of hydrogen-bond donors (Lipinski definition) is 1. The summed E-state index contributed by atoms with van der Waals surface area (Å²) in [5, 5.41) is 3.46. The predicted molar refractivity (Wildman–Crippen MR) is 115 cm³/mol. The highest BCUT2D eigenvalue weighted by Crippen LogP contribution is 2.35. The molecule has 1 saturated heterocycles. The first kappa shape index (κ1) is 20.7. The van der Waals surface area contributed by atoms with E-state index >= 15 is 0 Å². The SMILES string of the molecule is CCCC[C@H](c1ccc(OCc2ccccc2)c(OCC)c1)N1CCNCC1. The van der Waals surface area contributed by atoms with Gasteiger partial charge in [-0.2, -0.15) is 0 Å². The fourth-order valence-electron chi connectivity index (χ4n) is 3.81. The third-order valence-corrected chi connectivity index (χ3v) is 5.31. The molecule has 4 nitrogen and oxygen atoms in total. The van der Waals surface area contributed by atoms with Gasteiger partial charge in [0, 0.05) is 32.2 Å². The van der Waals surface area contributed by atoms with E-state index in [2.05, 4.69) is 47.5 Å². The van der Waals surface area contributed by atoms with Gasteiger partial charge in [-0.05, 0) is 36.6 Å². The molecule has 0 unspecified atom stereocenters. The Morgan fingerprint density at radius 3 is 2.46 bits per heavy atom. The summed E-state index contributed by atoms with van der Waals surface area (Å²) < 4.78 is 12.0. The first-order valence-corrected chi connectivity index (χ1v) is 10.7. The average molecular weight is 383 g/mol. The van der Waals surface area contributed by atoms with Gasteiger partial charge in [-0.1, -0.05) is 56.2 Å². The van der Waals surface area contributed by atoms with Crippen molar-refractivity contribution in [2.45, 2.75) is 45.8 Å². The predicted octanol–water partition coefficient (Wildman–Crippen LogP) is 4.80. The molecular weight excluding hydrogens is 348 g/mol. The van der Waals surface area contributed by atoms with Gasteiger partial charge in [0.2, 0.25) is 0 Å². The normalized spacial score (nSPS) is 15.9. The summed E-state index contributed by atoms with van der Waals surface area (Å²) in [4.78, 5) is 2.61. The standard InChI is InChI=1S/C24H34N2O2/c1-3-5-11-22(26-16-14-25-15-17-26)21-12-13-23(24(18-21)27-4-2)28-19-20-9-7-6-8-10-20/h6-10,12-13,18,22,25H,3-5,11,14-17,19H2,1-2H3/t22-/m1/s1. The smallest absolute Gasteiger partial charge is 0.161 e. The van der Waals surface area contributed by atoms with Crippen LogP contribution < -0.4 is 14.8 Å². The minimum absolute atomic E-state index is 0.449. The molecule has 1 aliphatic rings. The maximum absolute atomic E-state index is 6.09. The Kier molecular flexibility index (Phi) is 8.19. The van der Waals surface area contributed by atoms with Gasteiger partial charge < -0.3 is 14.8 Å². The largest absolute Gasteiger partial charge is 0.490 e. The van der Waals surface area contributed by atoms with Crippen LogP contribution in [0.4, 0.5) is 0 Å². The van der Waals surface area contributed by atoms with Crippen molar-refractivity contribution in [1.29, 1.82) is 0 Å². The summed E-state index contributed by atoms with van der Waals surface area (Å²) in [6.07, 6.45) is 3.65. The molecule has 2 aromatic carbocycles. The number of nitrogens with zero attached hydrogens (tertiary/aromatic N) is 1. The molecule has 1 N–H and O–H groups in total. The summed E-state index contributed by atoms with van der Waals surface area (Å²) in [6, 6.07) is 17.2. The minimum atomic E-state index is 0.449. The second-order valence-electron chi connectivity index (χ2n) is 7.36. The quantitative estimate of drug-likeness (QED) is 0.640. The van der Waals surface area contributed by atoms with Gasteiger partial charge >= 0.3 is 0 Å². The maximum Gasteiger partial charge on any atom is 0.161 e. The van der Waals surface area contributed by atoms with Crippen LogP contribution in [0, 0.1) is 0 Å². The van der Waals surface area contributed by atoms with Crippen LogP contribution in [-0.4, -0.2) is 37.7 Å². The molecule has 28 heavy (non-hydrogen) atoms. The van der Waals surface area contributed by atoms with Crippen LogP contribution in [0.5, 0.6) is 11.5 Å². The lowest BCUT2D eigenvalue weighted by Gasteiger charge is -2.35. The Morgan fingerprint density at radius 2 is 1.75 bits per heavy atom. The summed E-state index contributed by atoms with van der Waals surface area (Å²) >= 11 is 0. The zero-order valence-electron chi connectivity index (χ0n) is 17.3. The monoisotopic (exact) mass is 382 g/mol. The molecule has 0 spiro atoms. The number of benzene rings is 2. The molecule has 3 rings (SSSR count). The maximum atomic E-state index is 6.09. The molecule has 0 aromatic heterocycles. The highest BCUT2D eigenvalue weighted by atomic mass is 16.5. The van der Waals surface area contributed by atoms with E-state index in [-0.39, 0.29) is 0 Å². The number of nitrogens with one attached hydrogen (secondary N) is 1. The van der Waals surface area contributed by atoms with E-state index in [0.717, 1.165) is 43.2 Å². The van der Waals surface area contributed by atoms with Crippen LogP contribution in [0.2, 0.25) is 0 Å². The van der Waals surface area contributed by atoms with Crippen molar-refractivity contribution >= 4 is 0 Å². The second kappa shape index (κ2) is 11.1. The molecule has 0 aliphatic carbocycles. The summed E-state index contributed by atoms with van der Waals surface area (Å²) in [5.74, 6) is 1.68. The Hall–Kier alpha value is -2.04. The molecule has 0 radical (unpaired) electrons. The first-order valence-electron chi connectivity index (χ1n) is 10.7. The molecule has 1 heterocycles. The van der Waals surface area contributed by atoms with Crippen LogP contribution in [0.25, 0.3) is 0 Å². The minimum Gasteiger partial charge on any atom is -0.490 e. The molecule has 1 atom stereocenters. The fraction of sp³-hybridized carbons (Fsp3) is 0.500. The van der Waals surface area contributed by atoms with E-state index in [1.807, 2.05) is 25.1 Å². The van der Waals surface area contributed by atoms with Gasteiger partial charge in [-0.3, -0.25) is 4.90 Å². The molecule has 4 heteroatoms. The zero-order valence-corrected chi connectivity index (χ0v) is 17.3. The third kappa shape index (κ3) is 5.73. The van der Waals surface area contributed by atoms with Gasteiger partial charge in [-0.25, -0.2) is 0 Å². The van der Waals surface area contributed by atoms with E-state index < -0.39 is 0 Å². The summed E-state index contributed by atoms with van der Waals surface area (Å²) in [6.45, 7) is 9.82. The van der Waals surface area contributed by atoms with Crippen LogP contribution in [0.1, 0.15) is 50.3 Å². The van der Waals surface area contributed by atoms with Gasteiger partial charge in [0.25, 0.3) is 0 Å². The first-order chi connectivity index (χ1) is 13.8. The van der Waals surface area contributed by atoms with E-state index in [1.165, 1.54) is 24.8 Å². The number of rotatable bonds is 10. The highest BCUT2D eigenvalue weighted by Gasteiger charge is 2.23. The summed E-state index contributed by atoms with van der Waals surface area (Å²) in [5.41, 5.74) is 2.50. The fourth-order valence-corrected chi connectivity index (χ4v) is 3.81. The Balaban J connectivity index is 1.78. The second-order valence-corrected chi connectivity index (χ2v) is 7.36. The average Bonchev–Trinajstić information content (AvgIpc) is 2.75. The molecule has 0 bridgehead atoms. The van der Waals surface area contributed by atoms with Gasteiger partial charge in [0.1, 0.15) is 6.61 Å². The lowest BCUT2D eigenvalue weighted by atomic mass is 9.98. The van der Waals surface area contributed by atoms with E-state index in [0.29, 0.717) is 19.3 Å². The zero-order chi connectivity index (χ0) is 19.6. The van der Waals surface area contributed by atoms with E-state index in [1.54, 1.807) is 0 Å². The van der Waals surface area contributed by atoms with Crippen molar-refractivity contribution in [3.05, 3.63) is 59.7 Å². The van der Waals surface area contributed by atoms with Crippen molar-refractivity contribution in [3.63, 3.8) is 0 Å². The van der Waals surface area contributed by atoms with Crippen molar-refractivity contribution in [1.82, 2.24) is 10.2 Å². The van der Waals surface area contributed by atoms with Crippen LogP contribution in [0.15, 0.2) is 48.5 Å². The van der Waals surface area contributed by atoms with Gasteiger partial charge in [-0.15, -0.1) is 0 Å². The lowest BCUT2D eigenvalue weighted by Crippen LogP contribution is -2.45. The Labute approximate surface area is 169 Å². The van der Waals surface area contributed by atoms with Crippen molar-refractivity contribution in [3.8, 4) is 11.5 Å². The number of unbranched alkanes of at least 4 members (excludes halogenated alkanes) is 1. The van der Waals surface area contributed by atoms with Crippen molar-refractivity contribution < 1.29 is 9.47 Å². The molecule has 2 aromatic rings. The molecule has 0 saturated carbocycles. The molecule has 1 fully saturated rings. The Morgan fingerprint density at radius 1 is 0.964 bits per heavy atom. The number of hydrogen-bond acceptors (Lipinski definition) is 4. The van der Waals surface area contributed by atoms with E-state index in [9.17, 15) is 0 Å². The molecule has 152 valence electrons. The number of ether oxygens (including phenoxy) is 2. The van der Waals surface area contributed by atoms with Crippen LogP contribution >= 0.6 is 0 Å². The van der Waals surface area contributed by atoms with E-state index in [4.69, 9.17) is 9.47 Å². The van der Waals surface area contributed by atoms with Crippen molar-refractivity contribution in [2.75, 3.05) is 32.8 Å².